The van der Waals surface area contributed by atoms with Crippen LogP contribution in [-0.2, 0) is 11.5 Å². The molecular weight excluding hydrogens is 257 g/mol. The molecule has 0 aliphatic carbocycles. The Morgan fingerprint density at radius 3 is 2.21 bits per heavy atom. The van der Waals surface area contributed by atoms with E-state index in [2.05, 4.69) is 15.9 Å². The Morgan fingerprint density at radius 2 is 1.79 bits per heavy atom. The van der Waals surface area contributed by atoms with E-state index in [9.17, 15) is 13.2 Å². The average molecular weight is 267 g/mol. The molecule has 0 spiro atoms. The summed E-state index contributed by atoms with van der Waals surface area (Å²) in [6.07, 6.45) is -4.26. The molecule has 0 N–H and O–H groups in total. The second-order valence-electron chi connectivity index (χ2n) is 3.24. The first-order valence-corrected chi connectivity index (χ1v) is 5.21. The number of benzene rings is 1. The summed E-state index contributed by atoms with van der Waals surface area (Å²) in [7, 11) is 0. The Bertz CT molecular complexity index is 342. The van der Waals surface area contributed by atoms with Crippen LogP contribution in [0.3, 0.4) is 0 Å². The summed E-state index contributed by atoms with van der Waals surface area (Å²) in [5.41, 5.74) is 1.10. The van der Waals surface area contributed by atoms with Gasteiger partial charge in [0.15, 0.2) is 0 Å². The summed E-state index contributed by atoms with van der Waals surface area (Å²) in [6.45, 7) is 3.36. The number of hydrogen-bond donors (Lipinski definition) is 0. The van der Waals surface area contributed by atoms with E-state index in [0.717, 1.165) is 0 Å². The summed E-state index contributed by atoms with van der Waals surface area (Å²) in [5.74, 6) is 0. The minimum Gasteiger partial charge on any atom is -0.166 e. The monoisotopic (exact) mass is 266 g/mol. The molecule has 4 heteroatoms. The largest absolute Gasteiger partial charge is 0.416 e. The second-order valence-corrected chi connectivity index (χ2v) is 3.80. The molecule has 0 aliphatic heterocycles. The van der Waals surface area contributed by atoms with Crippen LogP contribution in [0.2, 0.25) is 0 Å². The van der Waals surface area contributed by atoms with Crippen molar-refractivity contribution in [3.05, 3.63) is 34.4 Å². The molecule has 0 radical (unpaired) electrons. The molecule has 1 rings (SSSR count). The van der Waals surface area contributed by atoms with Crippen LogP contribution in [-0.4, -0.2) is 0 Å². The van der Waals surface area contributed by atoms with E-state index in [1.807, 2.05) is 0 Å². The second kappa shape index (κ2) is 3.93. The molecule has 14 heavy (non-hydrogen) atoms. The summed E-state index contributed by atoms with van der Waals surface area (Å²) in [6, 6.07) is 2.94. The first kappa shape index (κ1) is 11.6. The fourth-order valence-electron chi connectivity index (χ4n) is 1.43. The van der Waals surface area contributed by atoms with Gasteiger partial charge in [-0.3, -0.25) is 0 Å². The summed E-state index contributed by atoms with van der Waals surface area (Å²) < 4.78 is 37.7. The van der Waals surface area contributed by atoms with Gasteiger partial charge in [-0.2, -0.15) is 13.2 Å². The minimum absolute atomic E-state index is 0.230. The number of rotatable bonds is 1. The molecule has 1 aromatic carbocycles. The molecule has 0 unspecified atom stereocenters. The van der Waals surface area contributed by atoms with Crippen molar-refractivity contribution in [3.8, 4) is 0 Å². The van der Waals surface area contributed by atoms with Gasteiger partial charge in [0.05, 0.1) is 5.56 Å². The van der Waals surface area contributed by atoms with Crippen molar-refractivity contribution < 1.29 is 13.2 Å². The zero-order valence-electron chi connectivity index (χ0n) is 7.87. The van der Waals surface area contributed by atoms with Gasteiger partial charge in [0.1, 0.15) is 0 Å². The van der Waals surface area contributed by atoms with E-state index in [0.29, 0.717) is 16.7 Å². The van der Waals surface area contributed by atoms with Crippen molar-refractivity contribution in [3.63, 3.8) is 0 Å². The number of aryl methyl sites for hydroxylation is 2. The molecule has 0 nitrogen and oxygen atoms in total. The molecule has 0 amide bonds. The maximum Gasteiger partial charge on any atom is 0.416 e. The lowest BCUT2D eigenvalue weighted by Crippen LogP contribution is -2.10. The van der Waals surface area contributed by atoms with Crippen molar-refractivity contribution in [2.24, 2.45) is 0 Å². The van der Waals surface area contributed by atoms with Crippen molar-refractivity contribution in [2.45, 2.75) is 25.4 Å². The van der Waals surface area contributed by atoms with Crippen LogP contribution in [0.15, 0.2) is 12.1 Å². The Labute approximate surface area is 89.3 Å². The Morgan fingerprint density at radius 1 is 1.21 bits per heavy atom. The van der Waals surface area contributed by atoms with Crippen LogP contribution >= 0.6 is 15.9 Å². The first-order chi connectivity index (χ1) is 6.36. The third kappa shape index (κ3) is 2.29. The van der Waals surface area contributed by atoms with Crippen molar-refractivity contribution >= 4 is 15.9 Å². The molecule has 1 aromatic rings. The van der Waals surface area contributed by atoms with E-state index < -0.39 is 11.7 Å². The van der Waals surface area contributed by atoms with E-state index in [4.69, 9.17) is 0 Å². The lowest BCUT2D eigenvalue weighted by molar-refractivity contribution is -0.138. The Hall–Kier alpha value is -0.510. The summed E-state index contributed by atoms with van der Waals surface area (Å²) in [4.78, 5) is 0. The fourth-order valence-corrected chi connectivity index (χ4v) is 2.17. The van der Waals surface area contributed by atoms with Gasteiger partial charge >= 0.3 is 6.18 Å². The molecule has 0 aromatic heterocycles. The molecular formula is C10H10BrF3. The van der Waals surface area contributed by atoms with Crippen LogP contribution < -0.4 is 0 Å². The van der Waals surface area contributed by atoms with Gasteiger partial charge in [0.25, 0.3) is 0 Å². The topological polar surface area (TPSA) is 0 Å². The predicted molar refractivity (Wildman–Crippen MR) is 53.5 cm³/mol. The third-order valence-corrected chi connectivity index (χ3v) is 2.62. The SMILES string of the molecule is Cc1cc(C)c(CBr)c(C(F)(F)F)c1. The Balaban J connectivity index is 3.40. The smallest absolute Gasteiger partial charge is 0.166 e. The van der Waals surface area contributed by atoms with Crippen LogP contribution in [0.4, 0.5) is 13.2 Å². The van der Waals surface area contributed by atoms with Crippen molar-refractivity contribution in [2.75, 3.05) is 0 Å². The average Bonchev–Trinajstić information content (AvgIpc) is 2.01. The molecule has 78 valence electrons. The van der Waals surface area contributed by atoms with Crippen LogP contribution in [0.5, 0.6) is 0 Å². The van der Waals surface area contributed by atoms with Gasteiger partial charge in [0.2, 0.25) is 0 Å². The zero-order valence-corrected chi connectivity index (χ0v) is 9.46. The third-order valence-electron chi connectivity index (χ3n) is 2.06. The molecule has 0 saturated heterocycles. The molecule has 0 bridgehead atoms. The van der Waals surface area contributed by atoms with Crippen LogP contribution in [0.1, 0.15) is 22.3 Å². The van der Waals surface area contributed by atoms with Gasteiger partial charge < -0.3 is 0 Å². The maximum atomic E-state index is 12.6. The number of hydrogen-bond acceptors (Lipinski definition) is 0. The van der Waals surface area contributed by atoms with Gasteiger partial charge in [-0.05, 0) is 31.0 Å². The van der Waals surface area contributed by atoms with Gasteiger partial charge in [-0.25, -0.2) is 0 Å². The zero-order chi connectivity index (χ0) is 10.9. The molecule has 0 fully saturated rings. The van der Waals surface area contributed by atoms with Gasteiger partial charge in [0, 0.05) is 5.33 Å². The van der Waals surface area contributed by atoms with Crippen molar-refractivity contribution in [1.82, 2.24) is 0 Å². The minimum atomic E-state index is -4.26. The normalized spacial score (nSPS) is 11.9. The lowest BCUT2D eigenvalue weighted by atomic mass is 10.00. The van der Waals surface area contributed by atoms with Crippen LogP contribution in [0.25, 0.3) is 0 Å². The van der Waals surface area contributed by atoms with Gasteiger partial charge in [-0.15, -0.1) is 0 Å². The van der Waals surface area contributed by atoms with Crippen molar-refractivity contribution in [1.29, 1.82) is 0 Å². The fraction of sp³-hybridized carbons (Fsp3) is 0.400. The first-order valence-electron chi connectivity index (χ1n) is 4.09. The number of alkyl halides is 4. The molecule has 0 atom stereocenters. The molecule has 0 saturated carbocycles. The quantitative estimate of drug-likeness (QED) is 0.668. The summed E-state index contributed by atoms with van der Waals surface area (Å²) >= 11 is 3.08. The van der Waals surface area contributed by atoms with E-state index >= 15 is 0 Å². The highest BCUT2D eigenvalue weighted by Crippen LogP contribution is 2.35. The standard InChI is InChI=1S/C10H10BrF3/c1-6-3-7(2)8(5-11)9(4-6)10(12,13)14/h3-4H,5H2,1-2H3. The van der Waals surface area contributed by atoms with E-state index in [1.165, 1.54) is 6.07 Å². The summed E-state index contributed by atoms with van der Waals surface area (Å²) in [5, 5.41) is 0.230. The lowest BCUT2D eigenvalue weighted by Gasteiger charge is -2.14. The van der Waals surface area contributed by atoms with Gasteiger partial charge in [-0.1, -0.05) is 27.6 Å². The Kier molecular flexibility index (Phi) is 3.24. The number of halogens is 4. The highest BCUT2D eigenvalue weighted by atomic mass is 79.9. The maximum absolute atomic E-state index is 12.6. The van der Waals surface area contributed by atoms with E-state index in [-0.39, 0.29) is 5.33 Å². The highest BCUT2D eigenvalue weighted by Gasteiger charge is 2.33. The highest BCUT2D eigenvalue weighted by molar-refractivity contribution is 9.08. The molecule has 0 heterocycles. The molecule has 0 aliphatic rings. The van der Waals surface area contributed by atoms with Crippen LogP contribution in [0, 0.1) is 13.8 Å². The predicted octanol–water partition coefficient (Wildman–Crippen LogP) is 4.22. The van der Waals surface area contributed by atoms with E-state index in [1.54, 1.807) is 19.9 Å².